The zero-order valence-corrected chi connectivity index (χ0v) is 15.5. The average Bonchev–Trinajstić information content (AvgIpc) is 2.87. The van der Waals surface area contributed by atoms with Gasteiger partial charge in [0.25, 0.3) is 5.56 Å². The molecule has 0 saturated carbocycles. The van der Waals surface area contributed by atoms with Crippen molar-refractivity contribution >= 4 is 23.5 Å². The highest BCUT2D eigenvalue weighted by Crippen LogP contribution is 2.23. The van der Waals surface area contributed by atoms with E-state index in [9.17, 15) is 14.4 Å². The van der Waals surface area contributed by atoms with Crippen LogP contribution in [0.25, 0.3) is 0 Å². The van der Waals surface area contributed by atoms with E-state index in [2.05, 4.69) is 9.97 Å². The largest absolute Gasteiger partial charge is 0.461 e. The van der Waals surface area contributed by atoms with Gasteiger partial charge in [0, 0.05) is 30.1 Å². The number of ether oxygens (including phenoxy) is 1. The van der Waals surface area contributed by atoms with Crippen molar-refractivity contribution in [2.75, 3.05) is 12.4 Å². The first kappa shape index (κ1) is 19.0. The van der Waals surface area contributed by atoms with Crippen molar-refractivity contribution < 1.29 is 14.3 Å². The highest BCUT2D eigenvalue weighted by molar-refractivity contribution is 7.99. The molecule has 0 atom stereocenters. The van der Waals surface area contributed by atoms with Crippen molar-refractivity contribution in [3.63, 3.8) is 0 Å². The van der Waals surface area contributed by atoms with E-state index in [4.69, 9.17) is 4.74 Å². The first-order chi connectivity index (χ1) is 11.9. The van der Waals surface area contributed by atoms with Gasteiger partial charge in [-0.2, -0.15) is 4.98 Å². The van der Waals surface area contributed by atoms with E-state index in [1.807, 2.05) is 6.92 Å². The molecule has 0 aliphatic heterocycles. The van der Waals surface area contributed by atoms with Crippen LogP contribution in [0.1, 0.15) is 46.0 Å². The fraction of sp³-hybridized carbons (Fsp3) is 0.412. The number of aryl methyl sites for hydroxylation is 2. The monoisotopic (exact) mass is 363 g/mol. The predicted molar refractivity (Wildman–Crippen MR) is 95.4 cm³/mol. The van der Waals surface area contributed by atoms with Gasteiger partial charge in [0.15, 0.2) is 10.9 Å². The summed E-state index contributed by atoms with van der Waals surface area (Å²) in [6, 6.07) is 1.39. The second-order valence-corrected chi connectivity index (χ2v) is 6.33. The summed E-state index contributed by atoms with van der Waals surface area (Å²) in [5.74, 6) is -0.481. The van der Waals surface area contributed by atoms with Gasteiger partial charge in [-0.15, -0.1) is 0 Å². The van der Waals surface area contributed by atoms with E-state index in [-0.39, 0.29) is 23.7 Å². The van der Waals surface area contributed by atoms with Crippen LogP contribution >= 0.6 is 11.8 Å². The Morgan fingerprint density at radius 2 is 2.04 bits per heavy atom. The van der Waals surface area contributed by atoms with Gasteiger partial charge in [0.1, 0.15) is 5.69 Å². The van der Waals surface area contributed by atoms with E-state index < -0.39 is 5.97 Å². The number of aromatic amines is 1. The number of thioether (sulfide) groups is 1. The second kappa shape index (κ2) is 8.15. The third-order valence-electron chi connectivity index (χ3n) is 3.72. The number of carbonyl (C=O) groups is 2. The number of rotatable bonds is 7. The van der Waals surface area contributed by atoms with Crippen LogP contribution in [0.4, 0.5) is 0 Å². The van der Waals surface area contributed by atoms with E-state index in [1.165, 1.54) is 17.8 Å². The standard InChI is InChI=1S/C17H21N3O4S/c1-5-20-8-7-13(22)19-17(20)25-9-12(21)14-10(3)15(18-11(14)4)16(23)24-6-2/h7-8,18H,5-6,9H2,1-4H3. The minimum Gasteiger partial charge on any atom is -0.461 e. The molecule has 0 amide bonds. The van der Waals surface area contributed by atoms with Gasteiger partial charge in [-0.05, 0) is 33.3 Å². The maximum absolute atomic E-state index is 12.6. The lowest BCUT2D eigenvalue weighted by Gasteiger charge is -2.08. The summed E-state index contributed by atoms with van der Waals surface area (Å²) in [4.78, 5) is 42.9. The van der Waals surface area contributed by atoms with Crippen LogP contribution in [0, 0.1) is 13.8 Å². The number of Topliss-reactive ketones (excluding diaryl/α,β-unsaturated/α-hetero) is 1. The van der Waals surface area contributed by atoms with Crippen LogP contribution in [0.2, 0.25) is 0 Å². The highest BCUT2D eigenvalue weighted by Gasteiger charge is 2.23. The Labute approximate surface area is 149 Å². The van der Waals surface area contributed by atoms with Gasteiger partial charge in [-0.3, -0.25) is 9.59 Å². The van der Waals surface area contributed by atoms with Gasteiger partial charge in [0.05, 0.1) is 12.4 Å². The van der Waals surface area contributed by atoms with Crippen molar-refractivity contribution in [1.29, 1.82) is 0 Å². The Kier molecular flexibility index (Phi) is 6.19. The molecule has 0 saturated heterocycles. The molecule has 0 aliphatic rings. The van der Waals surface area contributed by atoms with Gasteiger partial charge in [-0.1, -0.05) is 11.8 Å². The van der Waals surface area contributed by atoms with Crippen LogP contribution in [0.15, 0.2) is 22.2 Å². The van der Waals surface area contributed by atoms with Crippen LogP contribution < -0.4 is 5.56 Å². The molecular formula is C17H21N3O4S. The van der Waals surface area contributed by atoms with Crippen molar-refractivity contribution in [2.45, 2.75) is 39.4 Å². The van der Waals surface area contributed by atoms with E-state index in [1.54, 1.807) is 31.5 Å². The zero-order valence-electron chi connectivity index (χ0n) is 14.7. The average molecular weight is 363 g/mol. The summed E-state index contributed by atoms with van der Waals surface area (Å²) in [7, 11) is 0. The summed E-state index contributed by atoms with van der Waals surface area (Å²) < 4.78 is 6.80. The molecule has 7 nitrogen and oxygen atoms in total. The maximum atomic E-state index is 12.6. The lowest BCUT2D eigenvalue weighted by molar-refractivity contribution is 0.0519. The number of nitrogens with zero attached hydrogens (tertiary/aromatic N) is 2. The molecule has 2 heterocycles. The van der Waals surface area contributed by atoms with Gasteiger partial charge >= 0.3 is 5.97 Å². The Balaban J connectivity index is 2.21. The molecule has 0 fully saturated rings. The fourth-order valence-electron chi connectivity index (χ4n) is 2.55. The third kappa shape index (κ3) is 4.19. The minimum absolute atomic E-state index is 0.123. The molecule has 0 aromatic carbocycles. The second-order valence-electron chi connectivity index (χ2n) is 5.39. The number of nitrogens with one attached hydrogen (secondary N) is 1. The van der Waals surface area contributed by atoms with Crippen LogP contribution in [-0.2, 0) is 11.3 Å². The zero-order chi connectivity index (χ0) is 18.6. The summed E-state index contributed by atoms with van der Waals surface area (Å²) in [5.41, 5.74) is 1.65. The summed E-state index contributed by atoms with van der Waals surface area (Å²) in [6.45, 7) is 8.05. The molecule has 1 N–H and O–H groups in total. The third-order valence-corrected chi connectivity index (χ3v) is 4.71. The number of hydrogen-bond acceptors (Lipinski definition) is 6. The number of esters is 1. The van der Waals surface area contributed by atoms with Crippen LogP contribution in [-0.4, -0.2) is 38.6 Å². The molecule has 2 aromatic rings. The first-order valence-electron chi connectivity index (χ1n) is 7.98. The number of aromatic nitrogens is 3. The molecule has 0 bridgehead atoms. The van der Waals surface area contributed by atoms with Crippen molar-refractivity contribution in [2.24, 2.45) is 0 Å². The number of carbonyl (C=O) groups excluding carboxylic acids is 2. The lowest BCUT2D eigenvalue weighted by Crippen LogP contribution is -2.14. The summed E-state index contributed by atoms with van der Waals surface area (Å²) >= 11 is 1.21. The molecule has 2 rings (SSSR count). The maximum Gasteiger partial charge on any atom is 0.355 e. The topological polar surface area (TPSA) is 94.1 Å². The Morgan fingerprint density at radius 1 is 1.32 bits per heavy atom. The Morgan fingerprint density at radius 3 is 2.68 bits per heavy atom. The normalized spacial score (nSPS) is 10.7. The van der Waals surface area contributed by atoms with Gasteiger partial charge in [-0.25, -0.2) is 4.79 Å². The van der Waals surface area contributed by atoms with Crippen molar-refractivity contribution in [1.82, 2.24) is 14.5 Å². The van der Waals surface area contributed by atoms with Crippen LogP contribution in [0.5, 0.6) is 0 Å². The smallest absolute Gasteiger partial charge is 0.355 e. The molecule has 2 aromatic heterocycles. The number of hydrogen-bond donors (Lipinski definition) is 1. The SMILES string of the molecule is CCOC(=O)c1[nH]c(C)c(C(=O)CSc2nc(=O)ccn2CC)c1C. The number of H-pyrrole nitrogens is 1. The lowest BCUT2D eigenvalue weighted by atomic mass is 10.1. The first-order valence-corrected chi connectivity index (χ1v) is 8.97. The Bertz CT molecular complexity index is 854. The summed E-state index contributed by atoms with van der Waals surface area (Å²) in [6.07, 6.45) is 1.66. The van der Waals surface area contributed by atoms with Crippen molar-refractivity contribution in [3.05, 3.63) is 45.1 Å². The molecule has 0 spiro atoms. The molecule has 0 aliphatic carbocycles. The molecule has 134 valence electrons. The fourth-order valence-corrected chi connectivity index (χ4v) is 3.46. The van der Waals surface area contributed by atoms with E-state index >= 15 is 0 Å². The van der Waals surface area contributed by atoms with E-state index in [0.29, 0.717) is 34.2 Å². The molecule has 25 heavy (non-hydrogen) atoms. The molecule has 0 unspecified atom stereocenters. The molecule has 0 radical (unpaired) electrons. The number of ketones is 1. The van der Waals surface area contributed by atoms with Crippen LogP contribution in [0.3, 0.4) is 0 Å². The quantitative estimate of drug-likeness (QED) is 0.351. The minimum atomic E-state index is -0.473. The summed E-state index contributed by atoms with van der Waals surface area (Å²) in [5, 5.41) is 0.500. The molecular weight excluding hydrogens is 342 g/mol. The predicted octanol–water partition coefficient (Wildman–Crippen LogP) is 2.36. The Hall–Kier alpha value is -2.35. The van der Waals surface area contributed by atoms with E-state index in [0.717, 1.165) is 0 Å². The van der Waals surface area contributed by atoms with Gasteiger partial charge in [0.2, 0.25) is 0 Å². The van der Waals surface area contributed by atoms with Gasteiger partial charge < -0.3 is 14.3 Å². The molecule has 8 heteroatoms. The van der Waals surface area contributed by atoms with Crippen molar-refractivity contribution in [3.8, 4) is 0 Å². The highest BCUT2D eigenvalue weighted by atomic mass is 32.2.